The lowest BCUT2D eigenvalue weighted by Crippen LogP contribution is -2.31. The molecule has 3 N–H and O–H groups in total. The third-order valence-electron chi connectivity index (χ3n) is 2.54. The molecule has 0 radical (unpaired) electrons. The second-order valence-electron chi connectivity index (χ2n) is 3.82. The van der Waals surface area contributed by atoms with Gasteiger partial charge in [-0.3, -0.25) is 0 Å². The number of hydrogen-bond acceptors (Lipinski definition) is 5. The van der Waals surface area contributed by atoms with Crippen molar-refractivity contribution in [1.29, 1.82) is 0 Å². The van der Waals surface area contributed by atoms with Crippen LogP contribution in [0.15, 0.2) is 18.2 Å². The van der Waals surface area contributed by atoms with E-state index in [-0.39, 0.29) is 24.4 Å². The number of carbonyl (C=O) groups excluding carboxylic acids is 1. The molecular weight excluding hydrogens is 258 g/mol. The normalized spacial score (nSPS) is 10.6. The number of carbonyl (C=O) groups is 1. The molecule has 0 unspecified atom stereocenters. The van der Waals surface area contributed by atoms with E-state index < -0.39 is 18.9 Å². The van der Waals surface area contributed by atoms with Crippen LogP contribution in [0.1, 0.15) is 10.4 Å². The summed E-state index contributed by atoms with van der Waals surface area (Å²) in [5.41, 5.74) is 6.32. The van der Waals surface area contributed by atoms with Crippen molar-refractivity contribution in [1.82, 2.24) is 0 Å². The molecule has 0 spiro atoms. The van der Waals surface area contributed by atoms with Crippen LogP contribution < -0.4 is 10.6 Å². The van der Waals surface area contributed by atoms with Gasteiger partial charge < -0.3 is 20.5 Å². The number of esters is 1. The maximum Gasteiger partial charge on any atom is 0.340 e. The second kappa shape index (κ2) is 6.89. The number of aliphatic hydroxyl groups is 1. The fourth-order valence-electron chi connectivity index (χ4n) is 1.64. The summed E-state index contributed by atoms with van der Waals surface area (Å²) in [5, 5.41) is 8.89. The van der Waals surface area contributed by atoms with Crippen LogP contribution in [0, 0.1) is 0 Å². The molecule has 0 atom stereocenters. The van der Waals surface area contributed by atoms with E-state index in [0.29, 0.717) is 5.69 Å². The first-order valence-corrected chi connectivity index (χ1v) is 5.61. The lowest BCUT2D eigenvalue weighted by atomic mass is 10.1. The minimum atomic E-state index is -2.55. The largest absolute Gasteiger partial charge is 0.465 e. The summed E-state index contributed by atoms with van der Waals surface area (Å²) < 4.78 is 29.5. The minimum absolute atomic E-state index is 0.0366. The monoisotopic (exact) mass is 274 g/mol. The van der Waals surface area contributed by atoms with Gasteiger partial charge in [0.15, 0.2) is 0 Å². The van der Waals surface area contributed by atoms with E-state index in [1.54, 1.807) is 0 Å². The Morgan fingerprint density at radius 2 is 2.21 bits per heavy atom. The van der Waals surface area contributed by atoms with Gasteiger partial charge in [0.25, 0.3) is 6.43 Å². The Kier molecular flexibility index (Phi) is 5.50. The number of methoxy groups -OCH3 is 1. The Labute approximate surface area is 109 Å². The number of halogens is 2. The van der Waals surface area contributed by atoms with Crippen LogP contribution in [0.25, 0.3) is 0 Å². The van der Waals surface area contributed by atoms with Crippen LogP contribution in [-0.4, -0.2) is 44.3 Å². The van der Waals surface area contributed by atoms with E-state index >= 15 is 0 Å². The quantitative estimate of drug-likeness (QED) is 0.600. The molecule has 1 aromatic carbocycles. The standard InChI is InChI=1S/C12H16F2N2O3/c1-19-12(18)9-6-8(2-3-10(9)15)16(4-5-17)7-11(13)14/h2-3,6,11,17H,4-5,7,15H2,1H3. The fraction of sp³-hybridized carbons (Fsp3) is 0.417. The lowest BCUT2D eigenvalue weighted by Gasteiger charge is -2.24. The molecule has 0 aromatic heterocycles. The van der Waals surface area contributed by atoms with Crippen LogP contribution >= 0.6 is 0 Å². The van der Waals surface area contributed by atoms with E-state index in [2.05, 4.69) is 4.74 Å². The van der Waals surface area contributed by atoms with Crippen LogP contribution in [0.4, 0.5) is 20.2 Å². The first-order chi connectivity index (χ1) is 8.99. The fourth-order valence-corrected chi connectivity index (χ4v) is 1.64. The SMILES string of the molecule is COC(=O)c1cc(N(CCO)CC(F)F)ccc1N. The molecule has 0 aliphatic rings. The summed E-state index contributed by atoms with van der Waals surface area (Å²) in [7, 11) is 1.21. The first kappa shape index (κ1) is 15.2. The van der Waals surface area contributed by atoms with Crippen molar-refractivity contribution in [2.45, 2.75) is 6.43 Å². The highest BCUT2D eigenvalue weighted by Crippen LogP contribution is 2.22. The maximum absolute atomic E-state index is 12.5. The lowest BCUT2D eigenvalue weighted by molar-refractivity contribution is 0.0602. The highest BCUT2D eigenvalue weighted by Gasteiger charge is 2.16. The molecule has 19 heavy (non-hydrogen) atoms. The Morgan fingerprint density at radius 1 is 1.53 bits per heavy atom. The number of rotatable bonds is 6. The van der Waals surface area contributed by atoms with Crippen molar-refractivity contribution < 1.29 is 23.4 Å². The summed E-state index contributed by atoms with van der Waals surface area (Å²) in [6.45, 7) is -0.773. The average molecular weight is 274 g/mol. The van der Waals surface area contributed by atoms with Gasteiger partial charge in [0.2, 0.25) is 0 Å². The Bertz CT molecular complexity index is 441. The summed E-state index contributed by atoms with van der Waals surface area (Å²) in [5.74, 6) is -0.639. The Hall–Kier alpha value is -1.89. The van der Waals surface area contributed by atoms with Crippen molar-refractivity contribution in [2.24, 2.45) is 0 Å². The topological polar surface area (TPSA) is 75.8 Å². The van der Waals surface area contributed by atoms with Crippen molar-refractivity contribution >= 4 is 17.3 Å². The molecule has 1 rings (SSSR count). The van der Waals surface area contributed by atoms with Gasteiger partial charge in [0.1, 0.15) is 0 Å². The van der Waals surface area contributed by atoms with Gasteiger partial charge in [-0.25, -0.2) is 13.6 Å². The molecule has 106 valence electrons. The maximum atomic E-state index is 12.5. The minimum Gasteiger partial charge on any atom is -0.465 e. The Morgan fingerprint density at radius 3 is 2.74 bits per heavy atom. The molecule has 0 saturated carbocycles. The summed E-state index contributed by atoms with van der Waals surface area (Å²) in [4.78, 5) is 12.7. The smallest absolute Gasteiger partial charge is 0.340 e. The second-order valence-corrected chi connectivity index (χ2v) is 3.82. The number of aliphatic hydroxyl groups excluding tert-OH is 1. The van der Waals surface area contributed by atoms with Gasteiger partial charge in [-0.05, 0) is 18.2 Å². The number of anilines is 2. The number of ether oxygens (including phenoxy) is 1. The van der Waals surface area contributed by atoms with E-state index in [9.17, 15) is 13.6 Å². The van der Waals surface area contributed by atoms with Crippen LogP contribution in [-0.2, 0) is 4.74 Å². The van der Waals surface area contributed by atoms with Gasteiger partial charge in [0, 0.05) is 17.9 Å². The Balaban J connectivity index is 3.06. The van der Waals surface area contributed by atoms with E-state index in [1.807, 2.05) is 0 Å². The van der Waals surface area contributed by atoms with Gasteiger partial charge >= 0.3 is 5.97 Å². The number of nitrogens with two attached hydrogens (primary N) is 1. The molecular formula is C12H16F2N2O3. The molecule has 0 fully saturated rings. The number of benzene rings is 1. The van der Waals surface area contributed by atoms with Crippen LogP contribution in [0.5, 0.6) is 0 Å². The molecule has 0 aliphatic carbocycles. The van der Waals surface area contributed by atoms with E-state index in [4.69, 9.17) is 10.8 Å². The first-order valence-electron chi connectivity index (χ1n) is 5.61. The van der Waals surface area contributed by atoms with Crippen LogP contribution in [0.2, 0.25) is 0 Å². The molecule has 0 aliphatic heterocycles. The average Bonchev–Trinajstić information content (AvgIpc) is 2.37. The van der Waals surface area contributed by atoms with Crippen molar-refractivity contribution in [3.05, 3.63) is 23.8 Å². The molecule has 1 aromatic rings. The molecule has 0 saturated heterocycles. The third-order valence-corrected chi connectivity index (χ3v) is 2.54. The number of hydrogen-bond donors (Lipinski definition) is 2. The van der Waals surface area contributed by atoms with Gasteiger partial charge in [-0.1, -0.05) is 0 Å². The number of alkyl halides is 2. The highest BCUT2D eigenvalue weighted by atomic mass is 19.3. The molecule has 0 amide bonds. The molecule has 0 heterocycles. The number of nitrogens with zero attached hydrogens (tertiary/aromatic N) is 1. The summed E-state index contributed by atoms with van der Waals surface area (Å²) in [6.07, 6.45) is -2.55. The van der Waals surface area contributed by atoms with Gasteiger partial charge in [-0.15, -0.1) is 0 Å². The number of nitrogen functional groups attached to an aromatic ring is 1. The molecule has 0 bridgehead atoms. The zero-order valence-electron chi connectivity index (χ0n) is 10.5. The predicted octanol–water partition coefficient (Wildman–Crippen LogP) is 1.12. The predicted molar refractivity (Wildman–Crippen MR) is 67.5 cm³/mol. The molecule has 7 heteroatoms. The van der Waals surface area contributed by atoms with Crippen LogP contribution in [0.3, 0.4) is 0 Å². The zero-order chi connectivity index (χ0) is 14.4. The van der Waals surface area contributed by atoms with Crippen molar-refractivity contribution in [3.8, 4) is 0 Å². The summed E-state index contributed by atoms with van der Waals surface area (Å²) >= 11 is 0. The van der Waals surface area contributed by atoms with E-state index in [0.717, 1.165) is 0 Å². The third kappa shape index (κ3) is 4.06. The van der Waals surface area contributed by atoms with E-state index in [1.165, 1.54) is 30.2 Å². The zero-order valence-corrected chi connectivity index (χ0v) is 10.5. The van der Waals surface area contributed by atoms with Gasteiger partial charge in [-0.2, -0.15) is 0 Å². The highest BCUT2D eigenvalue weighted by molar-refractivity contribution is 5.96. The van der Waals surface area contributed by atoms with Crippen molar-refractivity contribution in [3.63, 3.8) is 0 Å². The molecule has 5 nitrogen and oxygen atoms in total. The van der Waals surface area contributed by atoms with Gasteiger partial charge in [0.05, 0.1) is 25.8 Å². The summed E-state index contributed by atoms with van der Waals surface area (Å²) in [6, 6.07) is 4.33. The van der Waals surface area contributed by atoms with Crippen molar-refractivity contribution in [2.75, 3.05) is 37.4 Å².